The first-order chi connectivity index (χ1) is 24.6. The van der Waals surface area contributed by atoms with Gasteiger partial charge in [-0.05, 0) is 19.3 Å². The molecule has 0 aromatic heterocycles. The molecule has 0 rings (SSSR count). The molecule has 0 heterocycles. The van der Waals surface area contributed by atoms with Crippen molar-refractivity contribution in [1.82, 2.24) is 0 Å². The van der Waals surface area contributed by atoms with Gasteiger partial charge >= 0.3 is 11.9 Å². The highest BCUT2D eigenvalue weighted by atomic mass is 16.6. The third kappa shape index (κ3) is 39.7. The van der Waals surface area contributed by atoms with Crippen LogP contribution in [0.3, 0.4) is 0 Å². The average Bonchev–Trinajstić information content (AvgIpc) is 3.11. The zero-order valence-corrected chi connectivity index (χ0v) is 34.2. The zero-order valence-electron chi connectivity index (χ0n) is 34.2. The summed E-state index contributed by atoms with van der Waals surface area (Å²) >= 11 is 0. The Bertz CT molecular complexity index is 680. The highest BCUT2D eigenvalue weighted by molar-refractivity contribution is 5.70. The maximum Gasteiger partial charge on any atom is 0.306 e. The van der Waals surface area contributed by atoms with Gasteiger partial charge in [-0.25, -0.2) is 0 Å². The number of rotatable bonds is 42. The van der Waals surface area contributed by atoms with E-state index >= 15 is 0 Å². The highest BCUT2D eigenvalue weighted by Gasteiger charge is 2.17. The van der Waals surface area contributed by atoms with Crippen LogP contribution in [0.4, 0.5) is 0 Å². The van der Waals surface area contributed by atoms with E-state index in [2.05, 4.69) is 20.8 Å². The van der Waals surface area contributed by atoms with Gasteiger partial charge < -0.3 is 14.2 Å². The second-order valence-electron chi connectivity index (χ2n) is 15.3. The van der Waals surface area contributed by atoms with Crippen molar-refractivity contribution >= 4 is 11.9 Å². The lowest BCUT2D eigenvalue weighted by Gasteiger charge is -2.18. The molecule has 0 aromatic rings. The lowest BCUT2D eigenvalue weighted by atomic mass is 10.0. The molecule has 0 saturated carbocycles. The molecule has 0 bridgehead atoms. The second kappa shape index (κ2) is 42.3. The fourth-order valence-electron chi connectivity index (χ4n) is 6.75. The summed E-state index contributed by atoms with van der Waals surface area (Å²) in [4.78, 5) is 25.1. The smallest absolute Gasteiger partial charge is 0.306 e. The van der Waals surface area contributed by atoms with Gasteiger partial charge in [0.2, 0.25) is 0 Å². The Morgan fingerprint density at radius 2 is 0.660 bits per heavy atom. The van der Waals surface area contributed by atoms with E-state index in [1.165, 1.54) is 186 Å². The minimum atomic E-state index is -0.519. The molecular weight excluding hydrogens is 620 g/mol. The summed E-state index contributed by atoms with van der Waals surface area (Å²) in [6.45, 7) is 7.85. The number of hydrogen-bond donors (Lipinski definition) is 0. The number of esters is 2. The Labute approximate surface area is 312 Å². The van der Waals surface area contributed by atoms with Crippen molar-refractivity contribution in [2.45, 2.75) is 258 Å². The van der Waals surface area contributed by atoms with Crippen LogP contribution < -0.4 is 0 Å². The molecule has 0 N–H and O–H groups in total. The summed E-state index contributed by atoms with van der Waals surface area (Å²) in [5.74, 6) is -0.381. The maximum atomic E-state index is 12.6. The monoisotopic (exact) mass is 709 g/mol. The zero-order chi connectivity index (χ0) is 36.4. The van der Waals surface area contributed by atoms with Crippen molar-refractivity contribution < 1.29 is 23.8 Å². The van der Waals surface area contributed by atoms with E-state index in [0.29, 0.717) is 26.1 Å². The van der Waals surface area contributed by atoms with Gasteiger partial charge in [0.05, 0.1) is 6.61 Å². The van der Waals surface area contributed by atoms with Crippen molar-refractivity contribution in [3.05, 3.63) is 0 Å². The Morgan fingerprint density at radius 1 is 0.360 bits per heavy atom. The standard InChI is InChI=1S/C45H88O5/c1-4-7-10-13-16-19-21-22-23-24-25-27-29-32-35-38-44(46)49-42-43(41-48-40-37-34-31-28-20-17-14-11-8-5-2)50-45(47)39-36-33-30-26-18-15-12-9-6-3/h43H,4-42H2,1-3H3. The summed E-state index contributed by atoms with van der Waals surface area (Å²) in [5.41, 5.74) is 0. The summed E-state index contributed by atoms with van der Waals surface area (Å²) in [6.07, 6.45) is 43.8. The number of hydrogen-bond acceptors (Lipinski definition) is 5. The number of unbranched alkanes of at least 4 members (excludes halogenated alkanes) is 31. The molecule has 0 aliphatic rings. The Balaban J connectivity index is 4.13. The maximum absolute atomic E-state index is 12.6. The predicted molar refractivity (Wildman–Crippen MR) is 215 cm³/mol. The normalized spacial score (nSPS) is 12.0. The fourth-order valence-corrected chi connectivity index (χ4v) is 6.75. The summed E-state index contributed by atoms with van der Waals surface area (Å²) in [6, 6.07) is 0. The molecular formula is C45H88O5. The van der Waals surface area contributed by atoms with E-state index in [9.17, 15) is 9.59 Å². The van der Waals surface area contributed by atoms with E-state index in [-0.39, 0.29) is 18.5 Å². The largest absolute Gasteiger partial charge is 0.462 e. The van der Waals surface area contributed by atoms with Crippen LogP contribution >= 0.6 is 0 Å². The van der Waals surface area contributed by atoms with Crippen LogP contribution in [-0.4, -0.2) is 37.9 Å². The summed E-state index contributed by atoms with van der Waals surface area (Å²) in [7, 11) is 0. The van der Waals surface area contributed by atoms with Crippen LogP contribution in [0.2, 0.25) is 0 Å². The van der Waals surface area contributed by atoms with Gasteiger partial charge in [0.15, 0.2) is 6.10 Å². The van der Waals surface area contributed by atoms with Gasteiger partial charge in [-0.15, -0.1) is 0 Å². The lowest BCUT2D eigenvalue weighted by molar-refractivity contribution is -0.163. The first kappa shape index (κ1) is 48.9. The molecule has 298 valence electrons. The average molecular weight is 709 g/mol. The third-order valence-corrected chi connectivity index (χ3v) is 10.1. The molecule has 0 radical (unpaired) electrons. The van der Waals surface area contributed by atoms with Gasteiger partial charge in [-0.1, -0.05) is 220 Å². The van der Waals surface area contributed by atoms with E-state index in [4.69, 9.17) is 14.2 Å². The molecule has 0 aromatic carbocycles. The quantitative estimate of drug-likeness (QED) is 0.0466. The molecule has 1 unspecified atom stereocenters. The molecule has 0 amide bonds. The molecule has 1 atom stereocenters. The van der Waals surface area contributed by atoms with Crippen molar-refractivity contribution in [1.29, 1.82) is 0 Å². The van der Waals surface area contributed by atoms with Gasteiger partial charge in [-0.3, -0.25) is 9.59 Å². The SMILES string of the molecule is CCCCCCCCCCCCCCCCCC(=O)OCC(COCCCCCCCCCCCC)OC(=O)CCCCCCCCCCC. The molecule has 0 aliphatic carbocycles. The van der Waals surface area contributed by atoms with Gasteiger partial charge in [0.1, 0.15) is 6.61 Å². The van der Waals surface area contributed by atoms with Crippen LogP contribution in [0.25, 0.3) is 0 Å². The molecule has 0 aliphatic heterocycles. The Kier molecular flexibility index (Phi) is 41.4. The summed E-state index contributed by atoms with van der Waals surface area (Å²) < 4.78 is 17.3. The van der Waals surface area contributed by atoms with Crippen molar-refractivity contribution in [2.24, 2.45) is 0 Å². The minimum absolute atomic E-state index is 0.0963. The lowest BCUT2D eigenvalue weighted by Crippen LogP contribution is -2.30. The third-order valence-electron chi connectivity index (χ3n) is 10.1. The van der Waals surface area contributed by atoms with Crippen LogP contribution in [-0.2, 0) is 23.8 Å². The van der Waals surface area contributed by atoms with E-state index < -0.39 is 6.10 Å². The Hall–Kier alpha value is -1.10. The van der Waals surface area contributed by atoms with E-state index in [1.807, 2.05) is 0 Å². The summed E-state index contributed by atoms with van der Waals surface area (Å²) in [5, 5.41) is 0. The second-order valence-corrected chi connectivity index (χ2v) is 15.3. The van der Waals surface area contributed by atoms with Gasteiger partial charge in [-0.2, -0.15) is 0 Å². The number of ether oxygens (including phenoxy) is 3. The van der Waals surface area contributed by atoms with Crippen molar-refractivity contribution in [3.8, 4) is 0 Å². The van der Waals surface area contributed by atoms with Gasteiger partial charge in [0.25, 0.3) is 0 Å². The van der Waals surface area contributed by atoms with Crippen LogP contribution in [0.5, 0.6) is 0 Å². The van der Waals surface area contributed by atoms with Gasteiger partial charge in [0, 0.05) is 19.4 Å². The molecule has 0 spiro atoms. The van der Waals surface area contributed by atoms with Crippen LogP contribution in [0.15, 0.2) is 0 Å². The first-order valence-corrected chi connectivity index (χ1v) is 22.6. The minimum Gasteiger partial charge on any atom is -0.462 e. The molecule has 5 heteroatoms. The molecule has 5 nitrogen and oxygen atoms in total. The van der Waals surface area contributed by atoms with Crippen molar-refractivity contribution in [2.75, 3.05) is 19.8 Å². The van der Waals surface area contributed by atoms with Crippen LogP contribution in [0.1, 0.15) is 252 Å². The number of carbonyl (C=O) groups is 2. The molecule has 0 saturated heterocycles. The Morgan fingerprint density at radius 3 is 1.02 bits per heavy atom. The van der Waals surface area contributed by atoms with E-state index in [0.717, 1.165) is 32.1 Å². The number of carbonyl (C=O) groups excluding carboxylic acids is 2. The van der Waals surface area contributed by atoms with E-state index in [1.54, 1.807) is 0 Å². The first-order valence-electron chi connectivity index (χ1n) is 22.6. The molecule has 50 heavy (non-hydrogen) atoms. The predicted octanol–water partition coefficient (Wildman–Crippen LogP) is 14.6. The molecule has 0 fully saturated rings. The topological polar surface area (TPSA) is 61.8 Å². The highest BCUT2D eigenvalue weighted by Crippen LogP contribution is 2.15. The van der Waals surface area contributed by atoms with Crippen LogP contribution in [0, 0.1) is 0 Å². The van der Waals surface area contributed by atoms with Crippen molar-refractivity contribution in [3.63, 3.8) is 0 Å². The fraction of sp³-hybridized carbons (Fsp3) is 0.956.